The molecule has 0 saturated heterocycles. The minimum Gasteiger partial charge on any atom is -0.316 e. The summed E-state index contributed by atoms with van der Waals surface area (Å²) in [4.78, 5) is 4.11. The fraction of sp³-hybridized carbons (Fsp3) is 0.154. The molecular weight excluding hydrogens is 342 g/mol. The molecule has 7 heteroatoms. The summed E-state index contributed by atoms with van der Waals surface area (Å²) in [5.41, 5.74) is 1.48. The summed E-state index contributed by atoms with van der Waals surface area (Å²) >= 11 is 3.26. The van der Waals surface area contributed by atoms with Crippen LogP contribution in [0.1, 0.15) is 5.56 Å². The lowest BCUT2D eigenvalue weighted by Gasteiger charge is -2.10. The first kappa shape index (κ1) is 15.0. The number of anilines is 1. The zero-order valence-electron chi connectivity index (χ0n) is 10.8. The van der Waals surface area contributed by atoms with Gasteiger partial charge < -0.3 is 5.32 Å². The van der Waals surface area contributed by atoms with Gasteiger partial charge in [0, 0.05) is 18.9 Å². The van der Waals surface area contributed by atoms with E-state index in [1.807, 2.05) is 7.05 Å². The molecule has 0 aliphatic heterocycles. The molecule has 0 fully saturated rings. The largest absolute Gasteiger partial charge is 0.316 e. The SMILES string of the molecule is CNCc1ccc(S(=O)(=O)Nc2ccncc2Br)cc1. The number of pyridine rings is 1. The molecule has 0 bridgehead atoms. The van der Waals surface area contributed by atoms with Gasteiger partial charge in [-0.3, -0.25) is 9.71 Å². The van der Waals surface area contributed by atoms with Gasteiger partial charge in [-0.1, -0.05) is 12.1 Å². The molecule has 5 nitrogen and oxygen atoms in total. The highest BCUT2D eigenvalue weighted by atomic mass is 79.9. The summed E-state index contributed by atoms with van der Waals surface area (Å²) in [6.07, 6.45) is 3.06. The second-order valence-corrected chi connectivity index (χ2v) is 6.67. The lowest BCUT2D eigenvalue weighted by atomic mass is 10.2. The molecule has 0 aliphatic rings. The van der Waals surface area contributed by atoms with Crippen LogP contribution in [0, 0.1) is 0 Å². The van der Waals surface area contributed by atoms with Gasteiger partial charge in [0.25, 0.3) is 10.0 Å². The van der Waals surface area contributed by atoms with Crippen LogP contribution < -0.4 is 10.0 Å². The fourth-order valence-electron chi connectivity index (χ4n) is 1.65. The van der Waals surface area contributed by atoms with E-state index in [0.717, 1.165) is 5.56 Å². The average Bonchev–Trinajstić information content (AvgIpc) is 2.42. The van der Waals surface area contributed by atoms with Gasteiger partial charge >= 0.3 is 0 Å². The third-order valence-electron chi connectivity index (χ3n) is 2.63. The molecule has 106 valence electrons. The Kier molecular flexibility index (Phi) is 4.74. The molecule has 0 atom stereocenters. The van der Waals surface area contributed by atoms with Crippen LogP contribution in [0.2, 0.25) is 0 Å². The summed E-state index contributed by atoms with van der Waals surface area (Å²) in [6, 6.07) is 8.34. The molecule has 0 spiro atoms. The van der Waals surface area contributed by atoms with E-state index in [2.05, 4.69) is 31.0 Å². The van der Waals surface area contributed by atoms with E-state index in [0.29, 0.717) is 16.7 Å². The molecule has 2 aromatic rings. The number of hydrogen-bond acceptors (Lipinski definition) is 4. The topological polar surface area (TPSA) is 71.1 Å². The van der Waals surface area contributed by atoms with Gasteiger partial charge in [-0.2, -0.15) is 0 Å². The maximum atomic E-state index is 12.3. The maximum Gasteiger partial charge on any atom is 0.261 e. The Hall–Kier alpha value is -1.44. The number of rotatable bonds is 5. The Morgan fingerprint density at radius 2 is 1.90 bits per heavy atom. The number of sulfonamides is 1. The molecule has 0 unspecified atom stereocenters. The summed E-state index contributed by atoms with van der Waals surface area (Å²) in [5, 5.41) is 3.01. The fourth-order valence-corrected chi connectivity index (χ4v) is 3.21. The number of hydrogen-bond donors (Lipinski definition) is 2. The summed E-state index contributed by atoms with van der Waals surface area (Å²) in [6.45, 7) is 0.698. The molecule has 1 heterocycles. The van der Waals surface area contributed by atoms with Crippen molar-refractivity contribution in [3.63, 3.8) is 0 Å². The van der Waals surface area contributed by atoms with Crippen LogP contribution in [0.4, 0.5) is 5.69 Å². The average molecular weight is 356 g/mol. The van der Waals surface area contributed by atoms with Crippen LogP contribution in [-0.4, -0.2) is 20.4 Å². The van der Waals surface area contributed by atoms with Gasteiger partial charge in [-0.15, -0.1) is 0 Å². The van der Waals surface area contributed by atoms with E-state index in [1.165, 1.54) is 12.4 Å². The monoisotopic (exact) mass is 355 g/mol. The van der Waals surface area contributed by atoms with E-state index >= 15 is 0 Å². The molecule has 20 heavy (non-hydrogen) atoms. The molecular formula is C13H14BrN3O2S. The van der Waals surface area contributed by atoms with Crippen molar-refractivity contribution >= 4 is 31.6 Å². The Morgan fingerprint density at radius 1 is 1.20 bits per heavy atom. The van der Waals surface area contributed by atoms with Crippen molar-refractivity contribution in [2.75, 3.05) is 11.8 Å². The second kappa shape index (κ2) is 6.34. The van der Waals surface area contributed by atoms with E-state index in [9.17, 15) is 8.42 Å². The first-order valence-electron chi connectivity index (χ1n) is 5.89. The van der Waals surface area contributed by atoms with Gasteiger partial charge in [0.15, 0.2) is 0 Å². The van der Waals surface area contributed by atoms with Crippen molar-refractivity contribution in [2.45, 2.75) is 11.4 Å². The predicted molar refractivity (Wildman–Crippen MR) is 82.0 cm³/mol. The van der Waals surface area contributed by atoms with E-state index in [1.54, 1.807) is 30.3 Å². The van der Waals surface area contributed by atoms with Crippen LogP contribution in [0.15, 0.2) is 52.1 Å². The van der Waals surface area contributed by atoms with Gasteiger partial charge in [-0.25, -0.2) is 8.42 Å². The molecule has 0 radical (unpaired) electrons. The Morgan fingerprint density at radius 3 is 2.50 bits per heavy atom. The van der Waals surface area contributed by atoms with Crippen LogP contribution >= 0.6 is 15.9 Å². The summed E-state index contributed by atoms with van der Waals surface area (Å²) < 4.78 is 27.6. The Bertz CT molecular complexity index is 687. The molecule has 0 saturated carbocycles. The molecule has 1 aromatic heterocycles. The lowest BCUT2D eigenvalue weighted by molar-refractivity contribution is 0.601. The van der Waals surface area contributed by atoms with Crippen LogP contribution in [-0.2, 0) is 16.6 Å². The summed E-state index contributed by atoms with van der Waals surface area (Å²) in [5.74, 6) is 0. The first-order valence-corrected chi connectivity index (χ1v) is 8.16. The number of aromatic nitrogens is 1. The van der Waals surface area contributed by atoms with Crippen molar-refractivity contribution in [3.05, 3.63) is 52.8 Å². The maximum absolute atomic E-state index is 12.3. The predicted octanol–water partition coefficient (Wildman–Crippen LogP) is 2.36. The highest BCUT2D eigenvalue weighted by Gasteiger charge is 2.15. The van der Waals surface area contributed by atoms with Crippen molar-refractivity contribution in [3.8, 4) is 0 Å². The molecule has 1 aromatic carbocycles. The van der Waals surface area contributed by atoms with Crippen molar-refractivity contribution in [1.29, 1.82) is 0 Å². The first-order chi connectivity index (χ1) is 9.53. The quantitative estimate of drug-likeness (QED) is 0.863. The van der Waals surface area contributed by atoms with E-state index in [4.69, 9.17) is 0 Å². The molecule has 2 N–H and O–H groups in total. The second-order valence-electron chi connectivity index (χ2n) is 4.14. The number of nitrogens with zero attached hydrogens (tertiary/aromatic N) is 1. The zero-order chi connectivity index (χ0) is 14.6. The number of benzene rings is 1. The highest BCUT2D eigenvalue weighted by Crippen LogP contribution is 2.23. The summed E-state index contributed by atoms with van der Waals surface area (Å²) in [7, 11) is -1.76. The third-order valence-corrected chi connectivity index (χ3v) is 4.64. The van der Waals surface area contributed by atoms with Gasteiger partial charge in [0.05, 0.1) is 15.1 Å². The van der Waals surface area contributed by atoms with Crippen LogP contribution in [0.3, 0.4) is 0 Å². The Labute approximate surface area is 126 Å². The minimum absolute atomic E-state index is 0.223. The van der Waals surface area contributed by atoms with Crippen molar-refractivity contribution in [2.24, 2.45) is 0 Å². The normalized spacial score (nSPS) is 11.3. The van der Waals surface area contributed by atoms with Gasteiger partial charge in [-0.05, 0) is 46.7 Å². The van der Waals surface area contributed by atoms with Crippen LogP contribution in [0.25, 0.3) is 0 Å². The number of halogens is 1. The highest BCUT2D eigenvalue weighted by molar-refractivity contribution is 9.10. The minimum atomic E-state index is -3.60. The molecule has 0 amide bonds. The van der Waals surface area contributed by atoms with Gasteiger partial charge in [0.2, 0.25) is 0 Å². The standard InChI is InChI=1S/C13H14BrN3O2S/c1-15-8-10-2-4-11(5-3-10)20(18,19)17-13-6-7-16-9-12(13)14/h2-7,9,15H,8H2,1H3,(H,16,17). The van der Waals surface area contributed by atoms with Crippen LogP contribution in [0.5, 0.6) is 0 Å². The van der Waals surface area contributed by atoms with E-state index in [-0.39, 0.29) is 4.90 Å². The molecule has 0 aliphatic carbocycles. The smallest absolute Gasteiger partial charge is 0.261 e. The zero-order valence-corrected chi connectivity index (χ0v) is 13.2. The number of nitrogens with one attached hydrogen (secondary N) is 2. The van der Waals surface area contributed by atoms with Crippen molar-refractivity contribution < 1.29 is 8.42 Å². The lowest BCUT2D eigenvalue weighted by Crippen LogP contribution is -2.13. The molecule has 2 rings (SSSR count). The van der Waals surface area contributed by atoms with Crippen molar-refractivity contribution in [1.82, 2.24) is 10.3 Å². The van der Waals surface area contributed by atoms with Gasteiger partial charge in [0.1, 0.15) is 0 Å². The Balaban J connectivity index is 2.24. The van der Waals surface area contributed by atoms with E-state index < -0.39 is 10.0 Å². The third kappa shape index (κ3) is 3.56.